The first kappa shape index (κ1) is 23.5. The molecule has 0 atom stereocenters. The van der Waals surface area contributed by atoms with E-state index in [0.717, 1.165) is 48.6 Å². The number of benzene rings is 1. The molecule has 1 saturated heterocycles. The lowest BCUT2D eigenvalue weighted by Gasteiger charge is -2.34. The Balaban J connectivity index is 1.29. The number of hydrogen-bond acceptors (Lipinski definition) is 10. The first-order chi connectivity index (χ1) is 17.6. The molecule has 0 aliphatic carbocycles. The molecular weight excluding hydrogens is 478 g/mol. The first-order valence-corrected chi connectivity index (χ1v) is 11.8. The number of nitrogens with one attached hydrogen (secondary N) is 2. The molecule has 0 radical (unpaired) electrons. The van der Waals surface area contributed by atoms with Gasteiger partial charge in [0.25, 0.3) is 0 Å². The van der Waals surface area contributed by atoms with Crippen molar-refractivity contribution in [2.45, 2.75) is 0 Å². The summed E-state index contributed by atoms with van der Waals surface area (Å²) in [7, 11) is 1.63. The second-order valence-electron chi connectivity index (χ2n) is 8.25. The van der Waals surface area contributed by atoms with Crippen molar-refractivity contribution in [2.75, 3.05) is 55.4 Å². The van der Waals surface area contributed by atoms with Crippen LogP contribution in [-0.2, 0) is 0 Å². The van der Waals surface area contributed by atoms with Crippen LogP contribution < -0.4 is 20.3 Å². The lowest BCUT2D eigenvalue weighted by Crippen LogP contribution is -2.46. The van der Waals surface area contributed by atoms with Gasteiger partial charge in [-0.05, 0) is 30.3 Å². The minimum atomic E-state index is 0.415. The number of rotatable bonds is 7. The Morgan fingerprint density at radius 2 is 1.81 bits per heavy atom. The van der Waals surface area contributed by atoms with Gasteiger partial charge in [0.15, 0.2) is 11.6 Å². The normalized spacial score (nSPS) is 13.9. The standard InChI is InChI=1S/C25H24ClN9O/c1-36-22-14-20(16-30-24(22)35-10-8-34(7-5-27)9-11-35)32-25-28-6-4-23(33-25)31-19-13-17-12-18(26)2-3-21(17)29-15-19/h2-4,6,12-16H,7-11H2,1H3,(H2,28,31,32,33). The van der Waals surface area contributed by atoms with Crippen LogP contribution in [0.5, 0.6) is 5.75 Å². The van der Waals surface area contributed by atoms with Crippen molar-refractivity contribution < 1.29 is 4.74 Å². The number of pyridine rings is 2. The molecule has 36 heavy (non-hydrogen) atoms. The molecule has 0 amide bonds. The molecule has 1 fully saturated rings. The Labute approximate surface area is 213 Å². The summed E-state index contributed by atoms with van der Waals surface area (Å²) in [4.78, 5) is 22.3. The summed E-state index contributed by atoms with van der Waals surface area (Å²) in [6, 6.07) is 13.4. The molecule has 0 saturated carbocycles. The van der Waals surface area contributed by atoms with E-state index < -0.39 is 0 Å². The zero-order valence-electron chi connectivity index (χ0n) is 19.6. The van der Waals surface area contributed by atoms with Crippen molar-refractivity contribution in [2.24, 2.45) is 0 Å². The molecule has 10 nitrogen and oxygen atoms in total. The minimum Gasteiger partial charge on any atom is -0.493 e. The van der Waals surface area contributed by atoms with Gasteiger partial charge in [-0.1, -0.05) is 11.6 Å². The van der Waals surface area contributed by atoms with E-state index in [1.54, 1.807) is 31.8 Å². The topological polar surface area (TPSA) is 115 Å². The van der Waals surface area contributed by atoms with Gasteiger partial charge >= 0.3 is 0 Å². The number of piperazine rings is 1. The number of anilines is 5. The Morgan fingerprint density at radius 1 is 1.00 bits per heavy atom. The number of aromatic nitrogens is 4. The summed E-state index contributed by atoms with van der Waals surface area (Å²) in [5.74, 6) is 2.46. The Bertz CT molecular complexity index is 1420. The van der Waals surface area contributed by atoms with Crippen molar-refractivity contribution in [1.29, 1.82) is 5.26 Å². The molecular formula is C25H24ClN9O. The molecule has 4 heterocycles. The molecule has 1 aliphatic rings. The SMILES string of the molecule is COc1cc(Nc2nccc(Nc3cnc4ccc(Cl)cc4c3)n2)cnc1N1CCN(CC#N)CC1. The highest BCUT2D eigenvalue weighted by Gasteiger charge is 2.21. The van der Waals surface area contributed by atoms with Gasteiger partial charge in [0.1, 0.15) is 5.82 Å². The maximum Gasteiger partial charge on any atom is 0.229 e. The third kappa shape index (κ3) is 5.38. The number of methoxy groups -OCH3 is 1. The summed E-state index contributed by atoms with van der Waals surface area (Å²) in [6.45, 7) is 3.63. The van der Waals surface area contributed by atoms with Crippen LogP contribution in [0.2, 0.25) is 5.02 Å². The highest BCUT2D eigenvalue weighted by atomic mass is 35.5. The summed E-state index contributed by atoms with van der Waals surface area (Å²) in [5.41, 5.74) is 2.36. The van der Waals surface area contributed by atoms with Crippen molar-refractivity contribution in [3.05, 3.63) is 60.0 Å². The van der Waals surface area contributed by atoms with Crippen LogP contribution >= 0.6 is 11.6 Å². The largest absolute Gasteiger partial charge is 0.493 e. The number of fused-ring (bicyclic) bond motifs is 1. The molecule has 5 rings (SSSR count). The number of nitrogens with zero attached hydrogens (tertiary/aromatic N) is 7. The third-order valence-electron chi connectivity index (χ3n) is 5.85. The molecule has 1 aromatic carbocycles. The lowest BCUT2D eigenvalue weighted by atomic mass is 10.2. The predicted molar refractivity (Wildman–Crippen MR) is 140 cm³/mol. The Hall–Kier alpha value is -4.20. The summed E-state index contributed by atoms with van der Waals surface area (Å²) in [6.07, 6.45) is 5.15. The molecule has 2 N–H and O–H groups in total. The number of ether oxygens (including phenoxy) is 1. The lowest BCUT2D eigenvalue weighted by molar-refractivity contribution is 0.285. The molecule has 182 valence electrons. The van der Waals surface area contributed by atoms with E-state index >= 15 is 0 Å². The van der Waals surface area contributed by atoms with Gasteiger partial charge in [-0.2, -0.15) is 10.2 Å². The zero-order valence-corrected chi connectivity index (χ0v) is 20.4. The third-order valence-corrected chi connectivity index (χ3v) is 6.08. The van der Waals surface area contributed by atoms with Crippen molar-refractivity contribution in [3.63, 3.8) is 0 Å². The van der Waals surface area contributed by atoms with E-state index in [2.05, 4.69) is 46.4 Å². The highest BCUT2D eigenvalue weighted by molar-refractivity contribution is 6.31. The Kier molecular flexibility index (Phi) is 6.93. The van der Waals surface area contributed by atoms with Crippen LogP contribution in [0.3, 0.4) is 0 Å². The van der Waals surface area contributed by atoms with Gasteiger partial charge in [-0.25, -0.2) is 9.97 Å². The van der Waals surface area contributed by atoms with Crippen molar-refractivity contribution in [1.82, 2.24) is 24.8 Å². The first-order valence-electron chi connectivity index (χ1n) is 11.4. The van der Waals surface area contributed by atoms with Gasteiger partial charge in [-0.15, -0.1) is 0 Å². The zero-order chi connectivity index (χ0) is 24.9. The van der Waals surface area contributed by atoms with Gasteiger partial charge in [0, 0.05) is 48.9 Å². The van der Waals surface area contributed by atoms with E-state index in [1.165, 1.54) is 0 Å². The molecule has 0 spiro atoms. The van der Waals surface area contributed by atoms with Crippen LogP contribution in [0.4, 0.5) is 29.0 Å². The van der Waals surface area contributed by atoms with Crippen LogP contribution in [0.1, 0.15) is 0 Å². The van der Waals surface area contributed by atoms with Crippen molar-refractivity contribution in [3.8, 4) is 11.8 Å². The van der Waals surface area contributed by atoms with Gasteiger partial charge in [0.05, 0.1) is 49.0 Å². The van der Waals surface area contributed by atoms with Crippen LogP contribution in [0.25, 0.3) is 10.9 Å². The van der Waals surface area contributed by atoms with E-state index in [-0.39, 0.29) is 0 Å². The van der Waals surface area contributed by atoms with Crippen LogP contribution in [-0.4, -0.2) is 64.7 Å². The predicted octanol–water partition coefficient (Wildman–Crippen LogP) is 4.21. The quantitative estimate of drug-likeness (QED) is 0.357. The Morgan fingerprint density at radius 3 is 2.61 bits per heavy atom. The van der Waals surface area contributed by atoms with Crippen LogP contribution in [0.15, 0.2) is 55.0 Å². The molecule has 4 aromatic rings. The monoisotopic (exact) mass is 501 g/mol. The maximum absolute atomic E-state index is 8.91. The molecule has 3 aromatic heterocycles. The second-order valence-corrected chi connectivity index (χ2v) is 8.68. The fraction of sp³-hybridized carbons (Fsp3) is 0.240. The van der Waals surface area contributed by atoms with E-state index in [9.17, 15) is 0 Å². The molecule has 0 bridgehead atoms. The summed E-state index contributed by atoms with van der Waals surface area (Å²) in [5, 5.41) is 17.0. The number of halogens is 1. The van der Waals surface area contributed by atoms with E-state index in [0.29, 0.717) is 34.8 Å². The maximum atomic E-state index is 8.91. The second kappa shape index (κ2) is 10.6. The molecule has 11 heteroatoms. The van der Waals surface area contributed by atoms with E-state index in [1.807, 2.05) is 30.3 Å². The van der Waals surface area contributed by atoms with E-state index in [4.69, 9.17) is 21.6 Å². The molecule has 0 unspecified atom stereocenters. The average molecular weight is 502 g/mol. The summed E-state index contributed by atoms with van der Waals surface area (Å²) < 4.78 is 5.62. The fourth-order valence-corrected chi connectivity index (χ4v) is 4.23. The van der Waals surface area contributed by atoms with Gasteiger partial charge in [0.2, 0.25) is 5.95 Å². The van der Waals surface area contributed by atoms with Gasteiger partial charge < -0.3 is 20.3 Å². The smallest absolute Gasteiger partial charge is 0.229 e. The average Bonchev–Trinajstić information content (AvgIpc) is 2.89. The summed E-state index contributed by atoms with van der Waals surface area (Å²) >= 11 is 6.12. The minimum absolute atomic E-state index is 0.415. The van der Waals surface area contributed by atoms with Gasteiger partial charge in [-0.3, -0.25) is 9.88 Å². The van der Waals surface area contributed by atoms with Crippen molar-refractivity contribution >= 4 is 51.5 Å². The molecule has 1 aliphatic heterocycles. The number of nitriles is 1. The highest BCUT2D eigenvalue weighted by Crippen LogP contribution is 2.30. The number of hydrogen-bond donors (Lipinski definition) is 2. The fourth-order valence-electron chi connectivity index (χ4n) is 4.05. The van der Waals surface area contributed by atoms with Crippen LogP contribution in [0, 0.1) is 11.3 Å².